The zero-order chi connectivity index (χ0) is 17.3. The first kappa shape index (κ1) is 16.6. The maximum Gasteiger partial charge on any atom is 0.244 e. The first-order chi connectivity index (χ1) is 12.3. The summed E-state index contributed by atoms with van der Waals surface area (Å²) in [6.45, 7) is 1.36. The van der Waals surface area contributed by atoms with Gasteiger partial charge in [0.2, 0.25) is 5.95 Å². The molecule has 3 rings (SSSR count). The van der Waals surface area contributed by atoms with Crippen LogP contribution < -0.4 is 15.4 Å². The zero-order valence-corrected chi connectivity index (χ0v) is 14.0. The second-order valence-electron chi connectivity index (χ2n) is 5.40. The molecule has 7 heteroatoms. The van der Waals surface area contributed by atoms with Crippen LogP contribution >= 0.6 is 0 Å². The summed E-state index contributed by atoms with van der Waals surface area (Å²) >= 11 is 0. The van der Waals surface area contributed by atoms with E-state index in [-0.39, 0.29) is 0 Å². The molecule has 2 heterocycles. The number of hydrogen-bond donors (Lipinski definition) is 2. The number of aromatic nitrogens is 4. The zero-order valence-electron chi connectivity index (χ0n) is 14.0. The van der Waals surface area contributed by atoms with Gasteiger partial charge in [-0.25, -0.2) is 0 Å². The topological polar surface area (TPSA) is 84.9 Å². The van der Waals surface area contributed by atoms with Crippen molar-refractivity contribution in [1.82, 2.24) is 20.2 Å². The van der Waals surface area contributed by atoms with Crippen LogP contribution in [0.3, 0.4) is 0 Å². The number of nitrogens with zero attached hydrogens (tertiary/aromatic N) is 4. The number of anilines is 2. The molecular weight excluding hydrogens is 316 g/mol. The molecule has 7 nitrogen and oxygen atoms in total. The van der Waals surface area contributed by atoms with E-state index < -0.39 is 0 Å². The third-order valence-corrected chi connectivity index (χ3v) is 3.61. The van der Waals surface area contributed by atoms with Gasteiger partial charge in [-0.1, -0.05) is 18.2 Å². The van der Waals surface area contributed by atoms with Crippen molar-refractivity contribution in [3.8, 4) is 5.75 Å². The fourth-order valence-corrected chi connectivity index (χ4v) is 2.27. The lowest BCUT2D eigenvalue weighted by Crippen LogP contribution is -2.10. The fourth-order valence-electron chi connectivity index (χ4n) is 2.27. The minimum atomic E-state index is 0.485. The first-order valence-electron chi connectivity index (χ1n) is 8.03. The Bertz CT molecular complexity index is 779. The summed E-state index contributed by atoms with van der Waals surface area (Å²) in [7, 11) is 1.67. The van der Waals surface area contributed by atoms with E-state index in [1.807, 2.05) is 24.3 Å². The Morgan fingerprint density at radius 3 is 2.64 bits per heavy atom. The minimum Gasteiger partial charge on any atom is -0.497 e. The van der Waals surface area contributed by atoms with Gasteiger partial charge in [-0.05, 0) is 35.7 Å². The van der Waals surface area contributed by atoms with Crippen LogP contribution in [-0.4, -0.2) is 33.8 Å². The van der Waals surface area contributed by atoms with Gasteiger partial charge in [0.1, 0.15) is 5.75 Å². The normalized spacial score (nSPS) is 10.3. The molecule has 3 aromatic rings. The molecule has 0 saturated carbocycles. The van der Waals surface area contributed by atoms with E-state index in [0.29, 0.717) is 18.3 Å². The molecule has 128 valence electrons. The maximum absolute atomic E-state index is 5.16. The van der Waals surface area contributed by atoms with Crippen LogP contribution in [0.2, 0.25) is 0 Å². The Morgan fingerprint density at radius 1 is 1.00 bits per heavy atom. The van der Waals surface area contributed by atoms with E-state index in [1.165, 1.54) is 5.56 Å². The van der Waals surface area contributed by atoms with E-state index in [9.17, 15) is 0 Å². The predicted molar refractivity (Wildman–Crippen MR) is 96.6 cm³/mol. The van der Waals surface area contributed by atoms with Gasteiger partial charge < -0.3 is 15.4 Å². The van der Waals surface area contributed by atoms with Crippen LogP contribution in [0.5, 0.6) is 5.75 Å². The highest BCUT2D eigenvalue weighted by Gasteiger charge is 2.01. The molecule has 25 heavy (non-hydrogen) atoms. The largest absolute Gasteiger partial charge is 0.497 e. The molecule has 0 amide bonds. The Balaban J connectivity index is 1.49. The fraction of sp³-hybridized carbons (Fsp3) is 0.222. The van der Waals surface area contributed by atoms with Gasteiger partial charge in [0, 0.05) is 25.5 Å². The van der Waals surface area contributed by atoms with Crippen molar-refractivity contribution in [1.29, 1.82) is 0 Å². The molecule has 0 saturated heterocycles. The van der Waals surface area contributed by atoms with Crippen LogP contribution in [0, 0.1) is 0 Å². The second kappa shape index (κ2) is 8.58. The molecule has 0 spiro atoms. The molecule has 0 fully saturated rings. The Hall–Kier alpha value is -3.22. The number of rotatable bonds is 8. The third-order valence-electron chi connectivity index (χ3n) is 3.61. The smallest absolute Gasteiger partial charge is 0.244 e. The van der Waals surface area contributed by atoms with E-state index >= 15 is 0 Å². The third kappa shape index (κ3) is 5.13. The second-order valence-corrected chi connectivity index (χ2v) is 5.40. The summed E-state index contributed by atoms with van der Waals surface area (Å²) < 4.78 is 5.16. The molecule has 0 radical (unpaired) electrons. The van der Waals surface area contributed by atoms with Gasteiger partial charge in [0.15, 0.2) is 5.82 Å². The molecule has 0 aliphatic rings. The van der Waals surface area contributed by atoms with Gasteiger partial charge in [0.25, 0.3) is 0 Å². The molecular formula is C18H20N6O. The number of ether oxygens (including phenoxy) is 1. The van der Waals surface area contributed by atoms with Crippen molar-refractivity contribution in [2.45, 2.75) is 13.0 Å². The number of methoxy groups -OCH3 is 1. The highest BCUT2D eigenvalue weighted by Crippen LogP contribution is 2.12. The molecule has 1 aromatic carbocycles. The van der Waals surface area contributed by atoms with E-state index in [1.54, 1.807) is 25.7 Å². The van der Waals surface area contributed by atoms with E-state index in [2.05, 4.69) is 42.9 Å². The molecule has 0 unspecified atom stereocenters. The maximum atomic E-state index is 5.16. The van der Waals surface area contributed by atoms with Gasteiger partial charge in [-0.2, -0.15) is 10.1 Å². The molecule has 2 N–H and O–H groups in total. The Kier molecular flexibility index (Phi) is 5.71. The lowest BCUT2D eigenvalue weighted by molar-refractivity contribution is 0.414. The van der Waals surface area contributed by atoms with Crippen LogP contribution in [0.15, 0.2) is 55.0 Å². The highest BCUT2D eigenvalue weighted by molar-refractivity contribution is 5.37. The van der Waals surface area contributed by atoms with Crippen molar-refractivity contribution in [2.24, 2.45) is 0 Å². The lowest BCUT2D eigenvalue weighted by atomic mass is 10.1. The van der Waals surface area contributed by atoms with Crippen molar-refractivity contribution < 1.29 is 4.74 Å². The van der Waals surface area contributed by atoms with Crippen molar-refractivity contribution in [3.05, 3.63) is 66.1 Å². The van der Waals surface area contributed by atoms with Crippen LogP contribution in [0.25, 0.3) is 0 Å². The number of hydrogen-bond acceptors (Lipinski definition) is 7. The monoisotopic (exact) mass is 336 g/mol. The number of benzene rings is 1. The standard InChI is InChI=1S/C18H20N6O/c1-25-16-6-4-14(5-7-16)8-10-20-17-13-22-24-18(23-17)21-12-15-3-2-9-19-11-15/h2-7,9,11,13H,8,10,12H2,1H3,(H2,20,21,23,24). The van der Waals surface area contributed by atoms with E-state index in [0.717, 1.165) is 24.3 Å². The van der Waals surface area contributed by atoms with E-state index in [4.69, 9.17) is 4.74 Å². The summed E-state index contributed by atoms with van der Waals surface area (Å²) in [6.07, 6.45) is 6.04. The highest BCUT2D eigenvalue weighted by atomic mass is 16.5. The lowest BCUT2D eigenvalue weighted by Gasteiger charge is -2.08. The Morgan fingerprint density at radius 2 is 1.88 bits per heavy atom. The number of nitrogens with one attached hydrogen (secondary N) is 2. The van der Waals surface area contributed by atoms with Crippen molar-refractivity contribution >= 4 is 11.8 Å². The predicted octanol–water partition coefficient (Wildman–Crippen LogP) is 2.54. The first-order valence-corrected chi connectivity index (χ1v) is 8.03. The minimum absolute atomic E-state index is 0.485. The average Bonchev–Trinajstić information content (AvgIpc) is 2.68. The van der Waals surface area contributed by atoms with Crippen molar-refractivity contribution in [2.75, 3.05) is 24.3 Å². The van der Waals surface area contributed by atoms with Crippen LogP contribution in [0.4, 0.5) is 11.8 Å². The quantitative estimate of drug-likeness (QED) is 0.654. The molecule has 0 aliphatic carbocycles. The summed E-state index contributed by atoms with van der Waals surface area (Å²) in [4.78, 5) is 8.49. The summed E-state index contributed by atoms with van der Waals surface area (Å²) in [5.74, 6) is 2.04. The summed E-state index contributed by atoms with van der Waals surface area (Å²) in [6, 6.07) is 11.9. The summed E-state index contributed by atoms with van der Waals surface area (Å²) in [5.41, 5.74) is 2.29. The number of pyridine rings is 1. The van der Waals surface area contributed by atoms with Gasteiger partial charge in [0.05, 0.1) is 13.3 Å². The Labute approximate surface area is 146 Å². The van der Waals surface area contributed by atoms with Crippen molar-refractivity contribution in [3.63, 3.8) is 0 Å². The van der Waals surface area contributed by atoms with Crippen LogP contribution in [-0.2, 0) is 13.0 Å². The molecule has 0 aliphatic heterocycles. The average molecular weight is 336 g/mol. The SMILES string of the molecule is COc1ccc(CCNc2cnnc(NCc3cccnc3)n2)cc1. The van der Waals surface area contributed by atoms with Crippen LogP contribution in [0.1, 0.15) is 11.1 Å². The van der Waals surface area contributed by atoms with Gasteiger partial charge in [-0.15, -0.1) is 5.10 Å². The molecule has 2 aromatic heterocycles. The van der Waals surface area contributed by atoms with Gasteiger partial charge in [-0.3, -0.25) is 4.98 Å². The molecule has 0 bridgehead atoms. The summed E-state index contributed by atoms with van der Waals surface area (Å²) in [5, 5.41) is 14.4. The molecule has 0 atom stereocenters. The van der Waals surface area contributed by atoms with Gasteiger partial charge >= 0.3 is 0 Å².